The summed E-state index contributed by atoms with van der Waals surface area (Å²) in [5.41, 5.74) is 0.509. The second-order valence-corrected chi connectivity index (χ2v) is 4.82. The van der Waals surface area contributed by atoms with E-state index in [1.807, 2.05) is 12.3 Å². The molecule has 2 aromatic rings. The highest BCUT2D eigenvalue weighted by molar-refractivity contribution is 7.12. The molecule has 0 bridgehead atoms. The van der Waals surface area contributed by atoms with E-state index in [-0.39, 0.29) is 5.78 Å². The number of aromatic nitrogens is 1. The Morgan fingerprint density at radius 3 is 3.00 bits per heavy atom. The van der Waals surface area contributed by atoms with Gasteiger partial charge in [-0.25, -0.2) is 0 Å². The highest BCUT2D eigenvalue weighted by Gasteiger charge is 2.16. The van der Waals surface area contributed by atoms with E-state index in [1.165, 1.54) is 11.3 Å². The maximum atomic E-state index is 12.3. The van der Waals surface area contributed by atoms with Crippen molar-refractivity contribution in [1.82, 2.24) is 4.98 Å². The molecule has 0 spiro atoms. The van der Waals surface area contributed by atoms with E-state index in [2.05, 4.69) is 4.98 Å². The van der Waals surface area contributed by atoms with Crippen molar-refractivity contribution in [2.75, 3.05) is 13.7 Å². The molecule has 2 rings (SSSR count). The Kier molecular flexibility index (Phi) is 4.52. The summed E-state index contributed by atoms with van der Waals surface area (Å²) in [6, 6.07) is 3.49. The van der Waals surface area contributed by atoms with Crippen LogP contribution >= 0.6 is 11.3 Å². The standard InChI is InChI=1S/C14H15NO3S/c1-3-5-18-11-7-10(8-15-9-11)13(16)14-12(17-2)4-6-19-14/h4,6-9H,3,5H2,1-2H3. The Hall–Kier alpha value is -1.88. The Morgan fingerprint density at radius 1 is 1.42 bits per heavy atom. The molecule has 2 heterocycles. The zero-order chi connectivity index (χ0) is 13.7. The number of thiophene rings is 1. The van der Waals surface area contributed by atoms with Crippen LogP contribution in [0.25, 0.3) is 0 Å². The first-order valence-electron chi connectivity index (χ1n) is 6.00. The fourth-order valence-corrected chi connectivity index (χ4v) is 2.42. The zero-order valence-corrected chi connectivity index (χ0v) is 11.7. The molecule has 0 aliphatic carbocycles. The maximum absolute atomic E-state index is 12.3. The fraction of sp³-hybridized carbons (Fsp3) is 0.286. The Bertz CT molecular complexity index is 565. The smallest absolute Gasteiger partial charge is 0.208 e. The van der Waals surface area contributed by atoms with Crippen molar-refractivity contribution in [2.45, 2.75) is 13.3 Å². The summed E-state index contributed by atoms with van der Waals surface area (Å²) in [7, 11) is 1.55. The molecule has 0 amide bonds. The van der Waals surface area contributed by atoms with Crippen molar-refractivity contribution in [2.24, 2.45) is 0 Å². The predicted molar refractivity (Wildman–Crippen MR) is 74.3 cm³/mol. The number of hydrogen-bond acceptors (Lipinski definition) is 5. The van der Waals surface area contributed by atoms with Gasteiger partial charge in [0.05, 0.1) is 19.9 Å². The van der Waals surface area contributed by atoms with E-state index in [4.69, 9.17) is 9.47 Å². The lowest BCUT2D eigenvalue weighted by molar-refractivity contribution is 0.103. The topological polar surface area (TPSA) is 48.4 Å². The van der Waals surface area contributed by atoms with Gasteiger partial charge < -0.3 is 9.47 Å². The van der Waals surface area contributed by atoms with Gasteiger partial charge >= 0.3 is 0 Å². The highest BCUT2D eigenvalue weighted by atomic mass is 32.1. The van der Waals surface area contributed by atoms with Gasteiger partial charge in [0.25, 0.3) is 0 Å². The lowest BCUT2D eigenvalue weighted by Gasteiger charge is -2.06. The first-order chi connectivity index (χ1) is 9.26. The molecule has 0 aromatic carbocycles. The second kappa shape index (κ2) is 6.33. The number of carbonyl (C=O) groups is 1. The summed E-state index contributed by atoms with van der Waals surface area (Å²) in [5.74, 6) is 1.11. The number of ether oxygens (including phenoxy) is 2. The third-order valence-electron chi connectivity index (χ3n) is 2.50. The van der Waals surface area contributed by atoms with Gasteiger partial charge in [-0.15, -0.1) is 11.3 Å². The van der Waals surface area contributed by atoms with E-state index >= 15 is 0 Å². The quantitative estimate of drug-likeness (QED) is 0.761. The lowest BCUT2D eigenvalue weighted by Crippen LogP contribution is -2.03. The second-order valence-electron chi connectivity index (χ2n) is 3.91. The summed E-state index contributed by atoms with van der Waals surface area (Å²) in [6.45, 7) is 2.64. The molecule has 0 saturated heterocycles. The number of pyridine rings is 1. The molecule has 0 unspecified atom stereocenters. The average molecular weight is 277 g/mol. The molecule has 19 heavy (non-hydrogen) atoms. The van der Waals surface area contributed by atoms with Crippen LogP contribution in [0.5, 0.6) is 11.5 Å². The Balaban J connectivity index is 2.24. The van der Waals surface area contributed by atoms with Crippen molar-refractivity contribution < 1.29 is 14.3 Å². The van der Waals surface area contributed by atoms with E-state index < -0.39 is 0 Å². The minimum Gasteiger partial charge on any atom is -0.495 e. The number of carbonyl (C=O) groups excluding carboxylic acids is 1. The molecule has 2 aromatic heterocycles. The van der Waals surface area contributed by atoms with Crippen LogP contribution in [0.2, 0.25) is 0 Å². The zero-order valence-electron chi connectivity index (χ0n) is 10.9. The van der Waals surface area contributed by atoms with Gasteiger partial charge in [0.1, 0.15) is 16.4 Å². The molecule has 0 N–H and O–H groups in total. The minimum absolute atomic E-state index is 0.0960. The van der Waals surface area contributed by atoms with Crippen LogP contribution in [0.15, 0.2) is 29.9 Å². The van der Waals surface area contributed by atoms with Crippen molar-refractivity contribution in [1.29, 1.82) is 0 Å². The van der Waals surface area contributed by atoms with Crippen LogP contribution in [0.1, 0.15) is 28.6 Å². The summed E-state index contributed by atoms with van der Waals surface area (Å²) >= 11 is 1.36. The summed E-state index contributed by atoms with van der Waals surface area (Å²) in [4.78, 5) is 17.0. The van der Waals surface area contributed by atoms with E-state index in [0.29, 0.717) is 28.5 Å². The molecule has 0 aliphatic rings. The van der Waals surface area contributed by atoms with E-state index in [9.17, 15) is 4.79 Å². The normalized spacial score (nSPS) is 10.2. The number of hydrogen-bond donors (Lipinski definition) is 0. The van der Waals surface area contributed by atoms with Gasteiger partial charge in [-0.2, -0.15) is 0 Å². The Morgan fingerprint density at radius 2 is 2.26 bits per heavy atom. The molecular formula is C14H15NO3S. The van der Waals surface area contributed by atoms with Crippen molar-refractivity contribution in [3.63, 3.8) is 0 Å². The lowest BCUT2D eigenvalue weighted by atomic mass is 10.1. The molecule has 100 valence electrons. The monoisotopic (exact) mass is 277 g/mol. The summed E-state index contributed by atoms with van der Waals surface area (Å²) < 4.78 is 10.6. The molecule has 5 heteroatoms. The van der Waals surface area contributed by atoms with Gasteiger partial charge in [-0.3, -0.25) is 9.78 Å². The SMILES string of the molecule is CCCOc1cncc(C(=O)c2sccc2OC)c1. The molecule has 0 aliphatic heterocycles. The van der Waals surface area contributed by atoms with E-state index in [1.54, 1.807) is 31.6 Å². The molecule has 4 nitrogen and oxygen atoms in total. The Labute approximate surface area is 116 Å². The molecule has 0 atom stereocenters. The fourth-order valence-electron chi connectivity index (χ4n) is 1.60. The average Bonchev–Trinajstić information content (AvgIpc) is 2.93. The highest BCUT2D eigenvalue weighted by Crippen LogP contribution is 2.27. The first-order valence-corrected chi connectivity index (χ1v) is 6.88. The molecule has 0 saturated carbocycles. The third kappa shape index (κ3) is 3.12. The van der Waals surface area contributed by atoms with Gasteiger partial charge in [-0.1, -0.05) is 6.92 Å². The van der Waals surface area contributed by atoms with Crippen LogP contribution < -0.4 is 9.47 Å². The van der Waals surface area contributed by atoms with Gasteiger partial charge in [0, 0.05) is 11.8 Å². The largest absolute Gasteiger partial charge is 0.495 e. The predicted octanol–water partition coefficient (Wildman–Crippen LogP) is 3.17. The first kappa shape index (κ1) is 13.5. The van der Waals surface area contributed by atoms with Crippen molar-refractivity contribution >= 4 is 17.1 Å². The summed E-state index contributed by atoms with van der Waals surface area (Å²) in [6.07, 6.45) is 4.06. The third-order valence-corrected chi connectivity index (χ3v) is 3.40. The van der Waals surface area contributed by atoms with Crippen LogP contribution in [-0.4, -0.2) is 24.5 Å². The maximum Gasteiger partial charge on any atom is 0.208 e. The van der Waals surface area contributed by atoms with Crippen molar-refractivity contribution in [3.05, 3.63) is 40.3 Å². The summed E-state index contributed by atoms with van der Waals surface area (Å²) in [5, 5.41) is 1.83. The molecular weight excluding hydrogens is 262 g/mol. The van der Waals surface area contributed by atoms with Crippen LogP contribution in [0.4, 0.5) is 0 Å². The number of nitrogens with zero attached hydrogens (tertiary/aromatic N) is 1. The van der Waals surface area contributed by atoms with Crippen molar-refractivity contribution in [3.8, 4) is 11.5 Å². The van der Waals surface area contributed by atoms with Crippen LogP contribution in [-0.2, 0) is 0 Å². The number of rotatable bonds is 6. The molecule has 0 fully saturated rings. The van der Waals surface area contributed by atoms with Gasteiger partial charge in [0.2, 0.25) is 5.78 Å². The van der Waals surface area contributed by atoms with Gasteiger partial charge in [0.15, 0.2) is 0 Å². The minimum atomic E-state index is -0.0960. The molecule has 0 radical (unpaired) electrons. The van der Waals surface area contributed by atoms with E-state index in [0.717, 1.165) is 6.42 Å². The number of ketones is 1. The van der Waals surface area contributed by atoms with Crippen LogP contribution in [0.3, 0.4) is 0 Å². The van der Waals surface area contributed by atoms with Gasteiger partial charge in [-0.05, 0) is 23.9 Å². The number of methoxy groups -OCH3 is 1. The van der Waals surface area contributed by atoms with Crippen LogP contribution in [0, 0.1) is 0 Å².